The minimum Gasteiger partial charge on any atom is -0.294 e. The number of carbonyl (C=O) groups is 2. The average molecular weight is 348 g/mol. The van der Waals surface area contributed by atoms with Gasteiger partial charge in [0.15, 0.2) is 5.78 Å². The molecule has 128 valence electrons. The average Bonchev–Trinajstić information content (AvgIpc) is 2.72. The fourth-order valence-electron chi connectivity index (χ4n) is 3.14. The Balaban J connectivity index is 1.57. The second-order valence-electron chi connectivity index (χ2n) is 6.36. The Morgan fingerprint density at radius 1 is 0.704 bits per heavy atom. The van der Waals surface area contributed by atoms with Crippen LogP contribution in [-0.2, 0) is 4.79 Å². The lowest BCUT2D eigenvalue weighted by Gasteiger charge is -2.06. The molecule has 0 N–H and O–H groups in total. The maximum atomic E-state index is 12.5. The molecule has 4 aromatic rings. The van der Waals surface area contributed by atoms with Gasteiger partial charge in [-0.25, -0.2) is 0 Å². The number of fused-ring (bicyclic) bond motifs is 3. The van der Waals surface area contributed by atoms with Gasteiger partial charge in [-0.15, -0.1) is 0 Å². The first-order valence-electron chi connectivity index (χ1n) is 8.75. The number of rotatable bonds is 3. The fraction of sp³-hybridized carbons (Fsp3) is 0.0400. The molecule has 0 amide bonds. The Kier molecular flexibility index (Phi) is 4.51. The first kappa shape index (κ1) is 16.8. The van der Waals surface area contributed by atoms with E-state index in [0.717, 1.165) is 27.1 Å². The van der Waals surface area contributed by atoms with E-state index in [4.69, 9.17) is 0 Å². The van der Waals surface area contributed by atoms with E-state index in [1.807, 2.05) is 66.7 Å². The molecule has 27 heavy (non-hydrogen) atoms. The van der Waals surface area contributed by atoms with Crippen LogP contribution in [0.2, 0.25) is 0 Å². The molecule has 0 aliphatic carbocycles. The molecule has 0 aliphatic heterocycles. The molecule has 0 bridgehead atoms. The third-order valence-corrected chi connectivity index (χ3v) is 4.51. The topological polar surface area (TPSA) is 34.1 Å². The van der Waals surface area contributed by atoms with Crippen LogP contribution in [0.1, 0.15) is 22.3 Å². The molecule has 0 radical (unpaired) electrons. The number of ketones is 2. The summed E-state index contributed by atoms with van der Waals surface area (Å²) in [6, 6.07) is 27.1. The van der Waals surface area contributed by atoms with Crippen molar-refractivity contribution in [3.05, 3.63) is 96.1 Å². The van der Waals surface area contributed by atoms with Gasteiger partial charge in [0, 0.05) is 11.1 Å². The molecule has 2 heteroatoms. The second-order valence-corrected chi connectivity index (χ2v) is 6.36. The molecule has 2 nitrogen and oxygen atoms in total. The smallest absolute Gasteiger partial charge is 0.213 e. The quantitative estimate of drug-likeness (QED) is 0.221. The predicted octanol–water partition coefficient (Wildman–Crippen LogP) is 5.19. The summed E-state index contributed by atoms with van der Waals surface area (Å²) in [6.07, 6.45) is -0.209. The molecule has 0 atom stereocenters. The van der Waals surface area contributed by atoms with Crippen molar-refractivity contribution in [1.29, 1.82) is 0 Å². The van der Waals surface area contributed by atoms with E-state index in [9.17, 15) is 9.59 Å². The molecule has 0 saturated heterocycles. The first-order chi connectivity index (χ1) is 13.2. The molecule has 0 aliphatic rings. The van der Waals surface area contributed by atoms with Gasteiger partial charge in [0.2, 0.25) is 5.78 Å². The molecular formula is C25H16O2. The maximum Gasteiger partial charge on any atom is 0.213 e. The highest BCUT2D eigenvalue weighted by molar-refractivity contribution is 6.15. The van der Waals surface area contributed by atoms with Crippen LogP contribution in [0.15, 0.2) is 84.9 Å². The molecule has 0 unspecified atom stereocenters. The van der Waals surface area contributed by atoms with Gasteiger partial charge in [0.25, 0.3) is 0 Å². The Bertz CT molecular complexity index is 1220. The van der Waals surface area contributed by atoms with Crippen molar-refractivity contribution < 1.29 is 9.59 Å². The predicted molar refractivity (Wildman–Crippen MR) is 109 cm³/mol. The van der Waals surface area contributed by atoms with Crippen molar-refractivity contribution >= 4 is 33.1 Å². The Morgan fingerprint density at radius 2 is 1.41 bits per heavy atom. The number of carbonyl (C=O) groups excluding carboxylic acids is 2. The minimum atomic E-state index is -0.373. The van der Waals surface area contributed by atoms with Crippen molar-refractivity contribution in [1.82, 2.24) is 0 Å². The van der Waals surface area contributed by atoms with Crippen LogP contribution in [0.5, 0.6) is 0 Å². The molecule has 4 rings (SSSR count). The maximum absolute atomic E-state index is 12.5. The molecule has 0 aromatic heterocycles. The van der Waals surface area contributed by atoms with E-state index >= 15 is 0 Å². The van der Waals surface area contributed by atoms with Crippen LogP contribution in [0.4, 0.5) is 0 Å². The van der Waals surface area contributed by atoms with Gasteiger partial charge in [0.05, 0.1) is 6.42 Å². The number of Topliss-reactive ketones (excluding diaryl/α,β-unsaturated/α-hetero) is 2. The molecule has 0 spiro atoms. The van der Waals surface area contributed by atoms with Gasteiger partial charge in [0.1, 0.15) is 0 Å². The fourth-order valence-corrected chi connectivity index (χ4v) is 3.14. The van der Waals surface area contributed by atoms with E-state index in [2.05, 4.69) is 24.0 Å². The lowest BCUT2D eigenvalue weighted by Crippen LogP contribution is -2.06. The van der Waals surface area contributed by atoms with Crippen LogP contribution in [0, 0.1) is 11.8 Å². The van der Waals surface area contributed by atoms with E-state index in [0.29, 0.717) is 5.56 Å². The summed E-state index contributed by atoms with van der Waals surface area (Å²) in [5.41, 5.74) is 1.29. The van der Waals surface area contributed by atoms with Gasteiger partial charge < -0.3 is 0 Å². The van der Waals surface area contributed by atoms with Gasteiger partial charge in [-0.1, -0.05) is 72.7 Å². The summed E-state index contributed by atoms with van der Waals surface area (Å²) in [6.45, 7) is 0. The summed E-state index contributed by atoms with van der Waals surface area (Å²) in [7, 11) is 0. The van der Waals surface area contributed by atoms with Crippen molar-refractivity contribution in [3.63, 3.8) is 0 Å². The monoisotopic (exact) mass is 348 g/mol. The van der Waals surface area contributed by atoms with Crippen molar-refractivity contribution in [2.75, 3.05) is 0 Å². The summed E-state index contributed by atoms with van der Waals surface area (Å²) < 4.78 is 0. The SMILES string of the molecule is O=C(C#Cc1ccccc1)CC(=O)c1ccc2c(ccc3ccccc32)c1. The van der Waals surface area contributed by atoms with Gasteiger partial charge in [-0.3, -0.25) is 9.59 Å². The lowest BCUT2D eigenvalue weighted by atomic mass is 9.98. The van der Waals surface area contributed by atoms with Crippen molar-refractivity contribution in [2.24, 2.45) is 0 Å². The highest BCUT2D eigenvalue weighted by atomic mass is 16.1. The van der Waals surface area contributed by atoms with Crippen LogP contribution < -0.4 is 0 Å². The zero-order valence-electron chi connectivity index (χ0n) is 14.6. The highest BCUT2D eigenvalue weighted by Gasteiger charge is 2.11. The van der Waals surface area contributed by atoms with Crippen molar-refractivity contribution in [3.8, 4) is 11.8 Å². The summed E-state index contributed by atoms with van der Waals surface area (Å²) in [5, 5.41) is 4.40. The normalized spacial score (nSPS) is 10.4. The summed E-state index contributed by atoms with van der Waals surface area (Å²) >= 11 is 0. The second kappa shape index (κ2) is 7.27. The van der Waals surface area contributed by atoms with Crippen LogP contribution in [0.3, 0.4) is 0 Å². The van der Waals surface area contributed by atoms with E-state index < -0.39 is 0 Å². The standard InChI is InChI=1S/C25H16O2/c26-22(14-10-18-6-2-1-3-7-18)17-25(27)21-13-15-24-20(16-21)12-11-19-8-4-5-9-23(19)24/h1-9,11-13,15-16H,17H2. The number of benzene rings is 4. The number of hydrogen-bond donors (Lipinski definition) is 0. The zero-order chi connectivity index (χ0) is 18.6. The van der Waals surface area contributed by atoms with Crippen LogP contribution >= 0.6 is 0 Å². The molecule has 4 aromatic carbocycles. The van der Waals surface area contributed by atoms with Crippen LogP contribution in [-0.4, -0.2) is 11.6 Å². The number of hydrogen-bond acceptors (Lipinski definition) is 2. The van der Waals surface area contributed by atoms with Gasteiger partial charge in [-0.2, -0.15) is 0 Å². The van der Waals surface area contributed by atoms with Gasteiger partial charge >= 0.3 is 0 Å². The van der Waals surface area contributed by atoms with E-state index in [-0.39, 0.29) is 18.0 Å². The molecule has 0 fully saturated rings. The third kappa shape index (κ3) is 3.63. The first-order valence-corrected chi connectivity index (χ1v) is 8.75. The lowest BCUT2D eigenvalue weighted by molar-refractivity contribution is -0.113. The van der Waals surface area contributed by atoms with Crippen LogP contribution in [0.25, 0.3) is 21.5 Å². The largest absolute Gasteiger partial charge is 0.294 e. The van der Waals surface area contributed by atoms with Gasteiger partial charge in [-0.05, 0) is 45.7 Å². The Morgan fingerprint density at radius 3 is 2.26 bits per heavy atom. The Hall–Kier alpha value is -3.70. The molecular weight excluding hydrogens is 332 g/mol. The molecule has 0 saturated carbocycles. The molecule has 0 heterocycles. The van der Waals surface area contributed by atoms with Crippen molar-refractivity contribution in [2.45, 2.75) is 6.42 Å². The third-order valence-electron chi connectivity index (χ3n) is 4.51. The van der Waals surface area contributed by atoms with E-state index in [1.54, 1.807) is 6.07 Å². The Labute approximate surface area is 157 Å². The minimum absolute atomic E-state index is 0.209. The zero-order valence-corrected chi connectivity index (χ0v) is 14.6. The van der Waals surface area contributed by atoms with E-state index in [1.165, 1.54) is 0 Å². The summed E-state index contributed by atoms with van der Waals surface area (Å²) in [4.78, 5) is 24.5. The highest BCUT2D eigenvalue weighted by Crippen LogP contribution is 2.26. The summed E-state index contributed by atoms with van der Waals surface area (Å²) in [5.74, 6) is 4.77.